The van der Waals surface area contributed by atoms with E-state index in [4.69, 9.17) is 4.52 Å². The molecule has 3 rings (SSSR count). The molecule has 1 aliphatic carbocycles. The third kappa shape index (κ3) is 3.56. The maximum atomic E-state index is 12.1. The molecule has 1 aliphatic rings. The Balaban J connectivity index is 1.57. The van der Waals surface area contributed by atoms with Crippen molar-refractivity contribution >= 4 is 5.91 Å². The van der Waals surface area contributed by atoms with E-state index in [2.05, 4.69) is 29.5 Å². The molecular formula is C18H22N2O2. The summed E-state index contributed by atoms with van der Waals surface area (Å²) in [6.45, 7) is 2.47. The van der Waals surface area contributed by atoms with Gasteiger partial charge in [-0.25, -0.2) is 0 Å². The van der Waals surface area contributed by atoms with Crippen LogP contribution in [0.2, 0.25) is 0 Å². The Hall–Kier alpha value is -2.10. The van der Waals surface area contributed by atoms with Gasteiger partial charge in [-0.05, 0) is 19.8 Å². The van der Waals surface area contributed by atoms with E-state index in [1.807, 2.05) is 18.2 Å². The van der Waals surface area contributed by atoms with Crippen LogP contribution < -0.4 is 5.32 Å². The van der Waals surface area contributed by atoms with Crippen LogP contribution in [0.15, 0.2) is 34.9 Å². The van der Waals surface area contributed by atoms with Crippen LogP contribution in [0.5, 0.6) is 0 Å². The van der Waals surface area contributed by atoms with Gasteiger partial charge in [-0.3, -0.25) is 4.79 Å². The number of nitrogens with zero attached hydrogens (tertiary/aromatic N) is 1. The van der Waals surface area contributed by atoms with Crippen LogP contribution in [0.4, 0.5) is 0 Å². The number of aromatic nitrogens is 1. The highest BCUT2D eigenvalue weighted by Crippen LogP contribution is 2.24. The second-order valence-electron chi connectivity index (χ2n) is 6.10. The first-order valence-electron chi connectivity index (χ1n) is 8.03. The lowest BCUT2D eigenvalue weighted by Crippen LogP contribution is -2.31. The largest absolute Gasteiger partial charge is 0.359 e. The zero-order valence-corrected chi connectivity index (χ0v) is 13.0. The van der Waals surface area contributed by atoms with Gasteiger partial charge in [0.1, 0.15) is 5.69 Å². The van der Waals surface area contributed by atoms with Crippen LogP contribution in [-0.4, -0.2) is 11.1 Å². The smallest absolute Gasteiger partial charge is 0.223 e. The Bertz CT molecular complexity index is 625. The predicted molar refractivity (Wildman–Crippen MR) is 85.1 cm³/mol. The molecule has 0 saturated heterocycles. The zero-order valence-electron chi connectivity index (χ0n) is 13.0. The Kier molecular flexibility index (Phi) is 4.56. The van der Waals surface area contributed by atoms with Gasteiger partial charge in [-0.15, -0.1) is 0 Å². The fourth-order valence-corrected chi connectivity index (χ4v) is 2.94. The summed E-state index contributed by atoms with van der Waals surface area (Å²) in [5.74, 6) is 1.01. The van der Waals surface area contributed by atoms with Crippen molar-refractivity contribution < 1.29 is 9.32 Å². The first-order chi connectivity index (χ1) is 10.7. The summed E-state index contributed by atoms with van der Waals surface area (Å²) in [7, 11) is 0. The maximum absolute atomic E-state index is 12.1. The number of rotatable bonds is 4. The van der Waals surface area contributed by atoms with Gasteiger partial charge in [0.25, 0.3) is 0 Å². The molecule has 1 fully saturated rings. The van der Waals surface area contributed by atoms with Crippen molar-refractivity contribution in [1.29, 1.82) is 0 Å². The molecule has 0 unspecified atom stereocenters. The molecular weight excluding hydrogens is 276 g/mol. The molecule has 1 amide bonds. The van der Waals surface area contributed by atoms with Crippen LogP contribution >= 0.6 is 0 Å². The first kappa shape index (κ1) is 14.8. The minimum atomic E-state index is 0.146. The van der Waals surface area contributed by atoms with E-state index in [0.717, 1.165) is 36.9 Å². The molecule has 0 aliphatic heterocycles. The molecule has 1 saturated carbocycles. The molecule has 1 aromatic heterocycles. The summed E-state index contributed by atoms with van der Waals surface area (Å²) < 4.78 is 5.32. The first-order valence-corrected chi connectivity index (χ1v) is 8.03. The van der Waals surface area contributed by atoms with Crippen molar-refractivity contribution in [3.8, 4) is 11.3 Å². The number of hydrogen-bond acceptors (Lipinski definition) is 3. The summed E-state index contributed by atoms with van der Waals surface area (Å²) in [4.78, 5) is 12.1. The van der Waals surface area contributed by atoms with Crippen LogP contribution in [0.3, 0.4) is 0 Å². The maximum Gasteiger partial charge on any atom is 0.223 e. The summed E-state index contributed by atoms with van der Waals surface area (Å²) in [6.07, 6.45) is 5.61. The van der Waals surface area contributed by atoms with E-state index in [1.54, 1.807) is 0 Å². The Morgan fingerprint density at radius 1 is 1.23 bits per heavy atom. The quantitative estimate of drug-likeness (QED) is 0.933. The van der Waals surface area contributed by atoms with Crippen molar-refractivity contribution in [2.45, 2.75) is 45.6 Å². The topological polar surface area (TPSA) is 55.1 Å². The fraction of sp³-hybridized carbons (Fsp3) is 0.444. The highest BCUT2D eigenvalue weighted by atomic mass is 16.5. The molecule has 0 radical (unpaired) electrons. The van der Waals surface area contributed by atoms with Crippen molar-refractivity contribution in [1.82, 2.24) is 10.5 Å². The summed E-state index contributed by atoms with van der Waals surface area (Å²) >= 11 is 0. The van der Waals surface area contributed by atoms with Crippen molar-refractivity contribution in [2.24, 2.45) is 5.92 Å². The number of carbonyl (C=O) groups excluding carboxylic acids is 1. The summed E-state index contributed by atoms with van der Waals surface area (Å²) in [6, 6.07) is 10.0. The average molecular weight is 298 g/mol. The predicted octanol–water partition coefficient (Wildman–Crippen LogP) is 3.85. The lowest BCUT2D eigenvalue weighted by Gasteiger charge is -2.20. The van der Waals surface area contributed by atoms with Crippen LogP contribution in [0, 0.1) is 12.8 Å². The molecule has 1 N–H and O–H groups in total. The zero-order chi connectivity index (χ0) is 15.4. The second kappa shape index (κ2) is 6.77. The van der Waals surface area contributed by atoms with Crippen molar-refractivity contribution in [3.63, 3.8) is 0 Å². The van der Waals surface area contributed by atoms with Crippen molar-refractivity contribution in [3.05, 3.63) is 41.7 Å². The lowest BCUT2D eigenvalue weighted by molar-refractivity contribution is -0.126. The van der Waals surface area contributed by atoms with Gasteiger partial charge in [0.05, 0.1) is 6.54 Å². The Morgan fingerprint density at radius 2 is 1.95 bits per heavy atom. The molecule has 2 aromatic rings. The van der Waals surface area contributed by atoms with Gasteiger partial charge in [-0.2, -0.15) is 0 Å². The number of benzene rings is 1. The van der Waals surface area contributed by atoms with Gasteiger partial charge in [0, 0.05) is 17.5 Å². The minimum Gasteiger partial charge on any atom is -0.359 e. The highest BCUT2D eigenvalue weighted by molar-refractivity contribution is 5.78. The molecule has 116 valence electrons. The Morgan fingerprint density at radius 3 is 2.68 bits per heavy atom. The van der Waals surface area contributed by atoms with Gasteiger partial charge < -0.3 is 9.84 Å². The van der Waals surface area contributed by atoms with Crippen LogP contribution in [0.1, 0.15) is 43.4 Å². The monoisotopic (exact) mass is 298 g/mol. The molecule has 0 atom stereocenters. The van der Waals surface area contributed by atoms with E-state index in [1.165, 1.54) is 12.0 Å². The van der Waals surface area contributed by atoms with Gasteiger partial charge in [0.2, 0.25) is 5.91 Å². The van der Waals surface area contributed by atoms with Gasteiger partial charge in [-0.1, -0.05) is 54.2 Å². The number of aryl methyl sites for hydroxylation is 1. The molecule has 0 spiro atoms. The molecule has 1 aromatic carbocycles. The van der Waals surface area contributed by atoms with E-state index in [9.17, 15) is 4.79 Å². The molecule has 1 heterocycles. The third-order valence-corrected chi connectivity index (χ3v) is 4.32. The van der Waals surface area contributed by atoms with Gasteiger partial charge >= 0.3 is 0 Å². The van der Waals surface area contributed by atoms with E-state index >= 15 is 0 Å². The van der Waals surface area contributed by atoms with Crippen molar-refractivity contribution in [2.75, 3.05) is 0 Å². The molecule has 4 heteroatoms. The summed E-state index contributed by atoms with van der Waals surface area (Å²) in [5, 5.41) is 7.05. The number of hydrogen-bond donors (Lipinski definition) is 1. The highest BCUT2D eigenvalue weighted by Gasteiger charge is 2.21. The Labute approximate surface area is 130 Å². The fourth-order valence-electron chi connectivity index (χ4n) is 2.94. The molecule has 22 heavy (non-hydrogen) atoms. The third-order valence-electron chi connectivity index (χ3n) is 4.32. The molecule has 0 bridgehead atoms. The summed E-state index contributed by atoms with van der Waals surface area (Å²) in [5.41, 5.74) is 3.05. The normalized spacial score (nSPS) is 15.7. The van der Waals surface area contributed by atoms with Gasteiger partial charge in [0.15, 0.2) is 5.76 Å². The number of nitrogens with one attached hydrogen (secondary N) is 1. The standard InChI is InChI=1S/C18H22N2O2/c1-13-7-9-14(10-8-13)17-11-16(22-20-17)12-19-18(21)15-5-3-2-4-6-15/h7-11,15H,2-6,12H2,1H3,(H,19,21). The van der Waals surface area contributed by atoms with E-state index in [-0.39, 0.29) is 11.8 Å². The lowest BCUT2D eigenvalue weighted by atomic mass is 9.89. The SMILES string of the molecule is Cc1ccc(-c2cc(CNC(=O)C3CCCCC3)on2)cc1. The molecule has 4 nitrogen and oxygen atoms in total. The second-order valence-corrected chi connectivity index (χ2v) is 6.10. The minimum absolute atomic E-state index is 0.146. The van der Waals surface area contributed by atoms with Crippen LogP contribution in [-0.2, 0) is 11.3 Å². The van der Waals surface area contributed by atoms with E-state index < -0.39 is 0 Å². The van der Waals surface area contributed by atoms with E-state index in [0.29, 0.717) is 12.3 Å². The average Bonchev–Trinajstić information content (AvgIpc) is 3.03. The van der Waals surface area contributed by atoms with Crippen LogP contribution in [0.25, 0.3) is 11.3 Å². The number of carbonyl (C=O) groups is 1. The number of amides is 1.